The lowest BCUT2D eigenvalue weighted by atomic mass is 10.0. The Bertz CT molecular complexity index is 381. The number of nitrogens with two attached hydrogens (primary N) is 1. The number of amides is 1. The average molecular weight is 278 g/mol. The molecule has 2 unspecified atom stereocenters. The zero-order valence-corrected chi connectivity index (χ0v) is 12.5. The molecule has 0 aliphatic heterocycles. The summed E-state index contributed by atoms with van der Waals surface area (Å²) in [6, 6.07) is 9.52. The van der Waals surface area contributed by atoms with E-state index in [1.165, 1.54) is 0 Å². The van der Waals surface area contributed by atoms with Crippen molar-refractivity contribution in [3.8, 4) is 0 Å². The molecule has 0 radical (unpaired) electrons. The Morgan fingerprint density at radius 3 is 2.65 bits per heavy atom. The van der Waals surface area contributed by atoms with Crippen LogP contribution in [-0.2, 0) is 9.53 Å². The van der Waals surface area contributed by atoms with E-state index in [9.17, 15) is 4.79 Å². The van der Waals surface area contributed by atoms with Gasteiger partial charge in [0.15, 0.2) is 0 Å². The Morgan fingerprint density at radius 1 is 1.35 bits per heavy atom. The highest BCUT2D eigenvalue weighted by Crippen LogP contribution is 2.13. The summed E-state index contributed by atoms with van der Waals surface area (Å²) >= 11 is 0. The average Bonchev–Trinajstić information content (AvgIpc) is 2.45. The van der Waals surface area contributed by atoms with Crippen molar-refractivity contribution >= 4 is 5.91 Å². The van der Waals surface area contributed by atoms with Crippen LogP contribution in [0.3, 0.4) is 0 Å². The number of unbranched alkanes of at least 4 members (excludes halogenated alkanes) is 1. The van der Waals surface area contributed by atoms with Crippen LogP contribution < -0.4 is 11.1 Å². The lowest BCUT2D eigenvalue weighted by molar-refractivity contribution is -0.122. The Morgan fingerprint density at radius 2 is 2.05 bits per heavy atom. The zero-order valence-electron chi connectivity index (χ0n) is 12.5. The van der Waals surface area contributed by atoms with Gasteiger partial charge >= 0.3 is 0 Å². The predicted molar refractivity (Wildman–Crippen MR) is 81.3 cm³/mol. The standard InChI is InChI=1S/C16H26N2O2/c1-3-4-10-14(12-20-2)18-16(19)11-15(17)13-8-6-5-7-9-13/h5-9,14-15H,3-4,10-12,17H2,1-2H3,(H,18,19). The summed E-state index contributed by atoms with van der Waals surface area (Å²) in [6.45, 7) is 2.68. The molecule has 2 atom stereocenters. The van der Waals surface area contributed by atoms with Gasteiger partial charge in [-0.15, -0.1) is 0 Å². The number of benzene rings is 1. The number of nitrogens with one attached hydrogen (secondary N) is 1. The van der Waals surface area contributed by atoms with E-state index < -0.39 is 0 Å². The van der Waals surface area contributed by atoms with E-state index in [-0.39, 0.29) is 18.0 Å². The van der Waals surface area contributed by atoms with Gasteiger partial charge in [0.2, 0.25) is 5.91 Å². The highest BCUT2D eigenvalue weighted by atomic mass is 16.5. The minimum absolute atomic E-state index is 0.0143. The summed E-state index contributed by atoms with van der Waals surface area (Å²) in [4.78, 5) is 12.0. The van der Waals surface area contributed by atoms with Crippen LogP contribution in [-0.4, -0.2) is 25.7 Å². The third kappa shape index (κ3) is 6.17. The van der Waals surface area contributed by atoms with Crippen LogP contribution in [0.2, 0.25) is 0 Å². The van der Waals surface area contributed by atoms with E-state index in [1.54, 1.807) is 7.11 Å². The van der Waals surface area contributed by atoms with Crippen molar-refractivity contribution < 1.29 is 9.53 Å². The first kappa shape index (κ1) is 16.7. The molecule has 0 saturated carbocycles. The molecule has 112 valence electrons. The maximum Gasteiger partial charge on any atom is 0.222 e. The van der Waals surface area contributed by atoms with Crippen LogP contribution in [0.4, 0.5) is 0 Å². The molecule has 0 spiro atoms. The highest BCUT2D eigenvalue weighted by molar-refractivity contribution is 5.77. The minimum atomic E-state index is -0.259. The fraction of sp³-hybridized carbons (Fsp3) is 0.562. The van der Waals surface area contributed by atoms with Crippen LogP contribution in [0.5, 0.6) is 0 Å². The van der Waals surface area contributed by atoms with Gasteiger partial charge in [0.05, 0.1) is 12.6 Å². The summed E-state index contributed by atoms with van der Waals surface area (Å²) < 4.78 is 5.15. The van der Waals surface area contributed by atoms with Crippen LogP contribution in [0.1, 0.15) is 44.2 Å². The number of carbonyl (C=O) groups is 1. The van der Waals surface area contributed by atoms with Gasteiger partial charge in [-0.05, 0) is 12.0 Å². The van der Waals surface area contributed by atoms with Gasteiger partial charge in [0.25, 0.3) is 0 Å². The quantitative estimate of drug-likeness (QED) is 0.729. The third-order valence-electron chi connectivity index (χ3n) is 3.27. The number of methoxy groups -OCH3 is 1. The van der Waals surface area contributed by atoms with Gasteiger partial charge < -0.3 is 15.8 Å². The number of carbonyl (C=O) groups excluding carboxylic acids is 1. The molecule has 1 amide bonds. The smallest absolute Gasteiger partial charge is 0.222 e. The van der Waals surface area contributed by atoms with Gasteiger partial charge in [-0.3, -0.25) is 4.79 Å². The molecule has 3 N–H and O–H groups in total. The zero-order chi connectivity index (χ0) is 14.8. The molecule has 0 aromatic heterocycles. The van der Waals surface area contributed by atoms with Crippen LogP contribution in [0.25, 0.3) is 0 Å². The van der Waals surface area contributed by atoms with E-state index in [1.807, 2.05) is 30.3 Å². The highest BCUT2D eigenvalue weighted by Gasteiger charge is 2.15. The van der Waals surface area contributed by atoms with E-state index in [0.717, 1.165) is 24.8 Å². The van der Waals surface area contributed by atoms with Crippen molar-refractivity contribution in [1.82, 2.24) is 5.32 Å². The van der Waals surface area contributed by atoms with Gasteiger partial charge in [-0.2, -0.15) is 0 Å². The predicted octanol–water partition coefficient (Wildman–Crippen LogP) is 2.40. The Balaban J connectivity index is 2.44. The largest absolute Gasteiger partial charge is 0.383 e. The molecule has 0 aliphatic rings. The summed E-state index contributed by atoms with van der Waals surface area (Å²) in [6.07, 6.45) is 3.44. The normalized spacial score (nSPS) is 13.8. The molecule has 1 aromatic carbocycles. The van der Waals surface area contributed by atoms with Crippen LogP contribution in [0.15, 0.2) is 30.3 Å². The SMILES string of the molecule is CCCCC(COC)NC(=O)CC(N)c1ccccc1. The summed E-state index contributed by atoms with van der Waals surface area (Å²) in [7, 11) is 1.65. The van der Waals surface area contributed by atoms with E-state index in [0.29, 0.717) is 13.0 Å². The lowest BCUT2D eigenvalue weighted by Crippen LogP contribution is -2.39. The lowest BCUT2D eigenvalue weighted by Gasteiger charge is -2.19. The molecule has 20 heavy (non-hydrogen) atoms. The molecule has 0 bridgehead atoms. The summed E-state index contributed by atoms with van der Waals surface area (Å²) in [5, 5.41) is 3.01. The maximum atomic E-state index is 12.0. The van der Waals surface area contributed by atoms with Crippen LogP contribution >= 0.6 is 0 Å². The van der Waals surface area contributed by atoms with Gasteiger partial charge in [0, 0.05) is 19.6 Å². The minimum Gasteiger partial charge on any atom is -0.383 e. The van der Waals surface area contributed by atoms with Crippen LogP contribution in [0, 0.1) is 0 Å². The first-order chi connectivity index (χ1) is 9.67. The molecule has 0 aliphatic carbocycles. The first-order valence-corrected chi connectivity index (χ1v) is 7.26. The molecule has 4 nitrogen and oxygen atoms in total. The number of ether oxygens (including phenoxy) is 1. The molecule has 0 fully saturated rings. The van der Waals surface area contributed by atoms with E-state index in [4.69, 9.17) is 10.5 Å². The summed E-state index contributed by atoms with van der Waals surface area (Å²) in [5.41, 5.74) is 7.04. The molecular formula is C16H26N2O2. The molecule has 0 saturated heterocycles. The maximum absolute atomic E-state index is 12.0. The van der Waals surface area contributed by atoms with Crippen molar-refractivity contribution in [2.24, 2.45) is 5.73 Å². The monoisotopic (exact) mass is 278 g/mol. The molecule has 4 heteroatoms. The molecule has 0 heterocycles. The van der Waals surface area contributed by atoms with Gasteiger partial charge in [-0.25, -0.2) is 0 Å². The molecular weight excluding hydrogens is 252 g/mol. The topological polar surface area (TPSA) is 64.3 Å². The second-order valence-electron chi connectivity index (χ2n) is 5.08. The van der Waals surface area contributed by atoms with Crippen molar-refractivity contribution in [2.45, 2.75) is 44.7 Å². The van der Waals surface area contributed by atoms with Crippen molar-refractivity contribution in [2.75, 3.05) is 13.7 Å². The first-order valence-electron chi connectivity index (χ1n) is 7.26. The Kier molecular flexibility index (Phi) is 7.92. The number of rotatable bonds is 9. The Labute approximate surface area is 121 Å². The second kappa shape index (κ2) is 9.50. The summed E-state index contributed by atoms with van der Waals surface area (Å²) in [5.74, 6) is -0.0143. The van der Waals surface area contributed by atoms with Crippen molar-refractivity contribution in [1.29, 1.82) is 0 Å². The van der Waals surface area contributed by atoms with Crippen molar-refractivity contribution in [3.05, 3.63) is 35.9 Å². The van der Waals surface area contributed by atoms with Gasteiger partial charge in [0.1, 0.15) is 0 Å². The fourth-order valence-corrected chi connectivity index (χ4v) is 2.15. The van der Waals surface area contributed by atoms with Crippen molar-refractivity contribution in [3.63, 3.8) is 0 Å². The van der Waals surface area contributed by atoms with E-state index >= 15 is 0 Å². The number of hydrogen-bond acceptors (Lipinski definition) is 3. The fourth-order valence-electron chi connectivity index (χ4n) is 2.15. The second-order valence-corrected chi connectivity index (χ2v) is 5.08. The van der Waals surface area contributed by atoms with Gasteiger partial charge in [-0.1, -0.05) is 50.1 Å². The number of hydrogen-bond donors (Lipinski definition) is 2. The van der Waals surface area contributed by atoms with E-state index in [2.05, 4.69) is 12.2 Å². The molecule has 1 aromatic rings. The third-order valence-corrected chi connectivity index (χ3v) is 3.27. The Hall–Kier alpha value is -1.39. The molecule has 1 rings (SSSR count).